The van der Waals surface area contributed by atoms with Gasteiger partial charge in [0.1, 0.15) is 12.1 Å². The molecule has 6 nitrogen and oxygen atoms in total. The van der Waals surface area contributed by atoms with Gasteiger partial charge in [-0.05, 0) is 32.5 Å². The van der Waals surface area contributed by atoms with Crippen LogP contribution < -0.4 is 0 Å². The van der Waals surface area contributed by atoms with Gasteiger partial charge in [0, 0.05) is 13.1 Å². The maximum absolute atomic E-state index is 12.1. The Hall–Kier alpha value is -2.08. The van der Waals surface area contributed by atoms with Crippen molar-refractivity contribution in [3.63, 3.8) is 0 Å². The number of likely N-dealkylation sites (N-methyl/N-ethyl adjacent to an activating group) is 1. The van der Waals surface area contributed by atoms with Crippen LogP contribution in [-0.4, -0.2) is 59.7 Å². The molecule has 0 unspecified atom stereocenters. The topological polar surface area (TPSA) is 70.1 Å². The van der Waals surface area contributed by atoms with E-state index in [0.29, 0.717) is 25.9 Å². The van der Waals surface area contributed by atoms with E-state index in [4.69, 9.17) is 4.74 Å². The molecule has 1 N–H and O–H groups in total. The van der Waals surface area contributed by atoms with Gasteiger partial charge < -0.3 is 14.7 Å². The Morgan fingerprint density at radius 2 is 1.82 bits per heavy atom. The summed E-state index contributed by atoms with van der Waals surface area (Å²) in [7, 11) is 3.52. The molecule has 0 bridgehead atoms. The summed E-state index contributed by atoms with van der Waals surface area (Å²) in [5.41, 5.74) is 0.0389. The number of benzene rings is 1. The van der Waals surface area contributed by atoms with Crippen LogP contribution in [0.2, 0.25) is 0 Å². The summed E-state index contributed by atoms with van der Waals surface area (Å²) in [6.45, 7) is 1.00. The molecule has 0 aliphatic carbocycles. The minimum Gasteiger partial charge on any atom is -0.480 e. The molecule has 1 aromatic carbocycles. The summed E-state index contributed by atoms with van der Waals surface area (Å²) in [5, 5.41) is 9.46. The lowest BCUT2D eigenvalue weighted by molar-refractivity contribution is -0.153. The van der Waals surface area contributed by atoms with Crippen LogP contribution >= 0.6 is 0 Å². The quantitative estimate of drug-likeness (QED) is 0.918. The van der Waals surface area contributed by atoms with E-state index < -0.39 is 11.5 Å². The molecule has 0 aromatic heterocycles. The molecule has 1 fully saturated rings. The lowest BCUT2D eigenvalue weighted by Gasteiger charge is -2.42. The van der Waals surface area contributed by atoms with Crippen LogP contribution in [0.25, 0.3) is 0 Å². The molecule has 1 amide bonds. The van der Waals surface area contributed by atoms with Gasteiger partial charge in [-0.3, -0.25) is 9.69 Å². The number of aliphatic carboxylic acids is 1. The number of carboxylic acid groups (broad SMARTS) is 1. The Balaban J connectivity index is 1.88. The molecule has 0 saturated carbocycles. The first-order valence-electron chi connectivity index (χ1n) is 7.32. The molecule has 6 heteroatoms. The molecule has 1 heterocycles. The third-order valence-corrected chi connectivity index (χ3v) is 4.31. The Morgan fingerprint density at radius 1 is 1.23 bits per heavy atom. The fraction of sp³-hybridized carbons (Fsp3) is 0.500. The van der Waals surface area contributed by atoms with Crippen LogP contribution in [0, 0.1) is 0 Å². The summed E-state index contributed by atoms with van der Waals surface area (Å²) in [6, 6.07) is 9.48. The second kappa shape index (κ2) is 6.79. The number of carbonyl (C=O) groups excluding carboxylic acids is 1. The normalized spacial score (nSPS) is 17.3. The number of nitrogens with zero attached hydrogens (tertiary/aromatic N) is 2. The summed E-state index contributed by atoms with van der Waals surface area (Å²) < 4.78 is 5.28. The zero-order chi connectivity index (χ0) is 16.2. The fourth-order valence-corrected chi connectivity index (χ4v) is 2.72. The summed E-state index contributed by atoms with van der Waals surface area (Å²) >= 11 is 0. The van der Waals surface area contributed by atoms with Gasteiger partial charge in [-0.2, -0.15) is 0 Å². The first kappa shape index (κ1) is 16.3. The molecule has 120 valence electrons. The van der Waals surface area contributed by atoms with Crippen molar-refractivity contribution in [2.24, 2.45) is 0 Å². The number of hydrogen-bond acceptors (Lipinski definition) is 4. The number of hydrogen-bond donors (Lipinski definition) is 1. The number of piperidine rings is 1. The molecule has 1 aliphatic rings. The van der Waals surface area contributed by atoms with E-state index in [-0.39, 0.29) is 12.7 Å². The van der Waals surface area contributed by atoms with Gasteiger partial charge in [-0.25, -0.2) is 4.79 Å². The van der Waals surface area contributed by atoms with Crippen LogP contribution in [0.3, 0.4) is 0 Å². The predicted octanol–water partition coefficient (Wildman–Crippen LogP) is 1.80. The largest absolute Gasteiger partial charge is 0.480 e. The maximum atomic E-state index is 12.1. The smallest absolute Gasteiger partial charge is 0.410 e. The van der Waals surface area contributed by atoms with Gasteiger partial charge in [0.25, 0.3) is 0 Å². The highest BCUT2D eigenvalue weighted by Crippen LogP contribution is 2.27. The molecule has 2 rings (SSSR count). The third kappa shape index (κ3) is 3.39. The monoisotopic (exact) mass is 306 g/mol. The Kier molecular flexibility index (Phi) is 5.03. The molecule has 1 saturated heterocycles. The predicted molar refractivity (Wildman–Crippen MR) is 81.5 cm³/mol. The highest BCUT2D eigenvalue weighted by atomic mass is 16.6. The van der Waals surface area contributed by atoms with E-state index in [1.807, 2.05) is 30.3 Å². The fourth-order valence-electron chi connectivity index (χ4n) is 2.72. The molecule has 22 heavy (non-hydrogen) atoms. The summed E-state index contributed by atoms with van der Waals surface area (Å²) in [6.07, 6.45) is 0.410. The number of likely N-dealkylation sites (tertiary alicyclic amines) is 1. The van der Waals surface area contributed by atoms with Crippen LogP contribution in [0.1, 0.15) is 18.4 Å². The minimum absolute atomic E-state index is 0.230. The molecule has 0 spiro atoms. The highest BCUT2D eigenvalue weighted by molar-refractivity contribution is 5.79. The molecule has 0 atom stereocenters. The zero-order valence-corrected chi connectivity index (χ0v) is 13.0. The molecular weight excluding hydrogens is 284 g/mol. The van der Waals surface area contributed by atoms with Gasteiger partial charge in [-0.1, -0.05) is 30.3 Å². The molecule has 0 radical (unpaired) electrons. The van der Waals surface area contributed by atoms with Gasteiger partial charge in [-0.15, -0.1) is 0 Å². The van der Waals surface area contributed by atoms with Gasteiger partial charge >= 0.3 is 12.1 Å². The van der Waals surface area contributed by atoms with Crippen LogP contribution in [-0.2, 0) is 16.1 Å². The van der Waals surface area contributed by atoms with Crippen molar-refractivity contribution in [2.75, 3.05) is 27.2 Å². The Bertz CT molecular complexity index is 522. The first-order chi connectivity index (χ1) is 10.5. The van der Waals surface area contributed by atoms with Gasteiger partial charge in [0.15, 0.2) is 0 Å². The van der Waals surface area contributed by atoms with E-state index in [1.54, 1.807) is 23.9 Å². The molecule has 1 aliphatic heterocycles. The maximum Gasteiger partial charge on any atom is 0.410 e. The van der Waals surface area contributed by atoms with E-state index in [1.165, 1.54) is 0 Å². The second-order valence-corrected chi connectivity index (χ2v) is 5.76. The average Bonchev–Trinajstić information content (AvgIpc) is 2.53. The van der Waals surface area contributed by atoms with Crippen LogP contribution in [0.15, 0.2) is 30.3 Å². The van der Waals surface area contributed by atoms with Crippen molar-refractivity contribution in [3.05, 3.63) is 35.9 Å². The second-order valence-electron chi connectivity index (χ2n) is 5.76. The van der Waals surface area contributed by atoms with E-state index in [2.05, 4.69) is 0 Å². The Morgan fingerprint density at radius 3 is 2.32 bits per heavy atom. The summed E-state index contributed by atoms with van der Waals surface area (Å²) in [5.74, 6) is -0.838. The van der Waals surface area contributed by atoms with E-state index >= 15 is 0 Å². The van der Waals surface area contributed by atoms with Crippen molar-refractivity contribution in [2.45, 2.75) is 25.0 Å². The lowest BCUT2D eigenvalue weighted by atomic mass is 9.86. The number of carbonyl (C=O) groups is 2. The number of ether oxygens (including phenoxy) is 1. The number of amides is 1. The first-order valence-corrected chi connectivity index (χ1v) is 7.32. The van der Waals surface area contributed by atoms with Gasteiger partial charge in [0.05, 0.1) is 0 Å². The van der Waals surface area contributed by atoms with Crippen molar-refractivity contribution < 1.29 is 19.4 Å². The Labute approximate surface area is 130 Å². The van der Waals surface area contributed by atoms with Crippen molar-refractivity contribution in [3.8, 4) is 0 Å². The van der Waals surface area contributed by atoms with Crippen LogP contribution in [0.4, 0.5) is 4.79 Å². The summed E-state index contributed by atoms with van der Waals surface area (Å²) in [4.78, 5) is 26.9. The SMILES string of the molecule is CN(C)C1(C(=O)O)CCN(C(=O)OCc2ccccc2)CC1. The van der Waals surface area contributed by atoms with Crippen molar-refractivity contribution in [1.29, 1.82) is 0 Å². The van der Waals surface area contributed by atoms with E-state index in [9.17, 15) is 14.7 Å². The molecular formula is C16H22N2O4. The van der Waals surface area contributed by atoms with Crippen LogP contribution in [0.5, 0.6) is 0 Å². The highest BCUT2D eigenvalue weighted by Gasteiger charge is 2.44. The minimum atomic E-state index is -0.893. The standard InChI is InChI=1S/C16H22N2O4/c1-17(2)16(14(19)20)8-10-18(11-9-16)15(21)22-12-13-6-4-3-5-7-13/h3-7H,8-12H2,1-2H3,(H,19,20). The number of carboxylic acids is 1. The van der Waals surface area contributed by atoms with Crippen molar-refractivity contribution in [1.82, 2.24) is 9.80 Å². The van der Waals surface area contributed by atoms with Crippen molar-refractivity contribution >= 4 is 12.1 Å². The number of rotatable bonds is 4. The van der Waals surface area contributed by atoms with Gasteiger partial charge in [0.2, 0.25) is 0 Å². The van der Waals surface area contributed by atoms with E-state index in [0.717, 1.165) is 5.56 Å². The average molecular weight is 306 g/mol. The molecule has 1 aromatic rings. The third-order valence-electron chi connectivity index (χ3n) is 4.31. The zero-order valence-electron chi connectivity index (χ0n) is 13.0. The lowest BCUT2D eigenvalue weighted by Crippen LogP contribution is -2.58.